The third-order valence-electron chi connectivity index (χ3n) is 5.89. The summed E-state index contributed by atoms with van der Waals surface area (Å²) < 4.78 is 7.87. The summed E-state index contributed by atoms with van der Waals surface area (Å²) in [7, 11) is 0. The first-order valence-electron chi connectivity index (χ1n) is 10.1. The number of hydrogen-bond acceptors (Lipinski definition) is 3. The smallest absolute Gasteiger partial charge is 0.255 e. The Labute approximate surface area is 171 Å². The van der Waals surface area contributed by atoms with Gasteiger partial charge in [0, 0.05) is 61.4 Å². The number of carbonyl (C=O) groups is 1. The van der Waals surface area contributed by atoms with Crippen molar-refractivity contribution in [1.82, 2.24) is 14.4 Å². The summed E-state index contributed by atoms with van der Waals surface area (Å²) in [6, 6.07) is 9.74. The zero-order chi connectivity index (χ0) is 19.7. The molecule has 0 spiro atoms. The Kier molecular flexibility index (Phi) is 5.76. The summed E-state index contributed by atoms with van der Waals surface area (Å²) in [6.07, 6.45) is 2.71. The molecule has 2 aromatic rings. The van der Waals surface area contributed by atoms with E-state index >= 15 is 0 Å². The van der Waals surface area contributed by atoms with Gasteiger partial charge >= 0.3 is 0 Å². The number of carbonyl (C=O) groups excluding carboxylic acids is 1. The number of aromatic nitrogens is 1. The molecular weight excluding hydrogens is 374 g/mol. The van der Waals surface area contributed by atoms with Crippen LogP contribution in [0.5, 0.6) is 0 Å². The maximum atomic E-state index is 13.2. The van der Waals surface area contributed by atoms with Gasteiger partial charge in [0.15, 0.2) is 0 Å². The van der Waals surface area contributed by atoms with Gasteiger partial charge in [0.05, 0.1) is 11.7 Å². The van der Waals surface area contributed by atoms with Gasteiger partial charge in [0.25, 0.3) is 5.91 Å². The van der Waals surface area contributed by atoms with E-state index in [9.17, 15) is 4.79 Å². The average molecular weight is 402 g/mol. The van der Waals surface area contributed by atoms with Crippen LogP contribution in [0.4, 0.5) is 0 Å². The van der Waals surface area contributed by atoms with Gasteiger partial charge in [-0.15, -0.1) is 0 Å². The van der Waals surface area contributed by atoms with Crippen LogP contribution in [0.3, 0.4) is 0 Å². The second-order valence-corrected chi connectivity index (χ2v) is 8.26. The van der Waals surface area contributed by atoms with E-state index in [2.05, 4.69) is 9.47 Å². The van der Waals surface area contributed by atoms with Gasteiger partial charge in [0.2, 0.25) is 0 Å². The fourth-order valence-electron chi connectivity index (χ4n) is 4.35. The monoisotopic (exact) mass is 401 g/mol. The van der Waals surface area contributed by atoms with Crippen molar-refractivity contribution < 1.29 is 9.53 Å². The fraction of sp³-hybridized carbons (Fsp3) is 0.500. The molecule has 1 atom stereocenters. The average Bonchev–Trinajstić information content (AvgIpc) is 3.30. The fourth-order valence-corrected chi connectivity index (χ4v) is 4.47. The van der Waals surface area contributed by atoms with Gasteiger partial charge in [-0.1, -0.05) is 11.6 Å². The lowest BCUT2D eigenvalue weighted by molar-refractivity contribution is 0.0432. The molecule has 0 radical (unpaired) electrons. The molecule has 2 fully saturated rings. The zero-order valence-corrected chi connectivity index (χ0v) is 17.4. The second-order valence-electron chi connectivity index (χ2n) is 7.82. The van der Waals surface area contributed by atoms with E-state index < -0.39 is 0 Å². The van der Waals surface area contributed by atoms with Crippen molar-refractivity contribution in [2.24, 2.45) is 0 Å². The van der Waals surface area contributed by atoms with Crippen LogP contribution in [-0.2, 0) is 4.74 Å². The molecule has 150 valence electrons. The predicted molar refractivity (Wildman–Crippen MR) is 112 cm³/mol. The summed E-state index contributed by atoms with van der Waals surface area (Å²) in [4.78, 5) is 17.6. The number of ether oxygens (including phenoxy) is 1. The van der Waals surface area contributed by atoms with E-state index in [1.54, 1.807) is 0 Å². The number of nitrogens with zero attached hydrogens (tertiary/aromatic N) is 3. The molecule has 28 heavy (non-hydrogen) atoms. The van der Waals surface area contributed by atoms with E-state index in [1.165, 1.54) is 6.42 Å². The van der Waals surface area contributed by atoms with E-state index in [0.717, 1.165) is 68.4 Å². The standard InChI is InChI=1S/C22H28ClN3O2/c1-16-14-21(17(2)26(16)19-7-5-18(23)6-8-19)22(27)25-11-9-24(10-12-25)15-20-4-3-13-28-20/h5-8,14,20H,3-4,9-13,15H2,1-2H3. The molecule has 4 rings (SSSR count). The predicted octanol–water partition coefficient (Wildman–Crippen LogP) is 3.68. The Hall–Kier alpha value is -1.82. The molecule has 5 nitrogen and oxygen atoms in total. The number of piperazine rings is 1. The summed E-state index contributed by atoms with van der Waals surface area (Å²) in [5, 5.41) is 0.711. The molecule has 1 aromatic heterocycles. The highest BCUT2D eigenvalue weighted by Crippen LogP contribution is 2.24. The maximum absolute atomic E-state index is 13.2. The molecule has 0 N–H and O–H groups in total. The molecule has 2 aliphatic heterocycles. The van der Waals surface area contributed by atoms with E-state index in [-0.39, 0.29) is 5.91 Å². The van der Waals surface area contributed by atoms with Crippen LogP contribution in [0.25, 0.3) is 5.69 Å². The summed E-state index contributed by atoms with van der Waals surface area (Å²) in [5.74, 6) is 0.130. The number of benzene rings is 1. The molecule has 2 saturated heterocycles. The Morgan fingerprint density at radius 2 is 1.86 bits per heavy atom. The third-order valence-corrected chi connectivity index (χ3v) is 6.14. The first-order valence-corrected chi connectivity index (χ1v) is 10.5. The van der Waals surface area contributed by atoms with Gasteiger partial charge in [-0.25, -0.2) is 0 Å². The minimum absolute atomic E-state index is 0.130. The molecule has 3 heterocycles. The zero-order valence-electron chi connectivity index (χ0n) is 16.7. The highest BCUT2D eigenvalue weighted by Gasteiger charge is 2.27. The highest BCUT2D eigenvalue weighted by molar-refractivity contribution is 6.30. The van der Waals surface area contributed by atoms with Crippen LogP contribution < -0.4 is 0 Å². The molecule has 1 unspecified atom stereocenters. The van der Waals surface area contributed by atoms with Gasteiger partial charge in [-0.05, 0) is 57.0 Å². The van der Waals surface area contributed by atoms with Crippen molar-refractivity contribution >= 4 is 17.5 Å². The van der Waals surface area contributed by atoms with Crippen LogP contribution in [0, 0.1) is 13.8 Å². The number of hydrogen-bond donors (Lipinski definition) is 0. The summed E-state index contributed by atoms with van der Waals surface area (Å²) in [6.45, 7) is 9.33. The minimum atomic E-state index is 0.130. The van der Waals surface area contributed by atoms with Crippen molar-refractivity contribution in [3.8, 4) is 5.69 Å². The van der Waals surface area contributed by atoms with Gasteiger partial charge in [-0.2, -0.15) is 0 Å². The lowest BCUT2D eigenvalue weighted by atomic mass is 10.1. The SMILES string of the molecule is Cc1cc(C(=O)N2CCN(CC3CCCO3)CC2)c(C)n1-c1ccc(Cl)cc1. The van der Waals surface area contributed by atoms with Crippen LogP contribution in [0.1, 0.15) is 34.6 Å². The normalized spacial score (nSPS) is 20.7. The summed E-state index contributed by atoms with van der Waals surface area (Å²) >= 11 is 6.02. The van der Waals surface area contributed by atoms with Gasteiger partial charge in [-0.3, -0.25) is 9.69 Å². The molecule has 1 aromatic carbocycles. The Morgan fingerprint density at radius 3 is 2.50 bits per heavy atom. The molecule has 0 aliphatic carbocycles. The van der Waals surface area contributed by atoms with Gasteiger partial charge in [0.1, 0.15) is 0 Å². The Bertz CT molecular complexity index is 832. The quantitative estimate of drug-likeness (QED) is 0.784. The number of halogens is 1. The van der Waals surface area contributed by atoms with E-state index in [1.807, 2.05) is 49.1 Å². The van der Waals surface area contributed by atoms with E-state index in [0.29, 0.717) is 11.1 Å². The first kappa shape index (κ1) is 19.5. The molecule has 2 aliphatic rings. The molecule has 6 heteroatoms. The Morgan fingerprint density at radius 1 is 1.14 bits per heavy atom. The summed E-state index contributed by atoms with van der Waals surface area (Å²) in [5.41, 5.74) is 3.85. The van der Waals surface area contributed by atoms with Crippen LogP contribution in [0.15, 0.2) is 30.3 Å². The van der Waals surface area contributed by atoms with Crippen LogP contribution in [0.2, 0.25) is 5.02 Å². The second kappa shape index (κ2) is 8.27. The first-order chi connectivity index (χ1) is 13.5. The molecule has 0 bridgehead atoms. The lowest BCUT2D eigenvalue weighted by Gasteiger charge is -2.35. The van der Waals surface area contributed by atoms with Crippen molar-refractivity contribution in [3.63, 3.8) is 0 Å². The van der Waals surface area contributed by atoms with Crippen molar-refractivity contribution in [3.05, 3.63) is 52.3 Å². The molecular formula is C22H28ClN3O2. The lowest BCUT2D eigenvalue weighted by Crippen LogP contribution is -2.50. The van der Waals surface area contributed by atoms with Crippen molar-refractivity contribution in [1.29, 1.82) is 0 Å². The number of rotatable bonds is 4. The maximum Gasteiger partial charge on any atom is 0.255 e. The van der Waals surface area contributed by atoms with Crippen LogP contribution in [-0.4, -0.2) is 65.7 Å². The van der Waals surface area contributed by atoms with E-state index in [4.69, 9.17) is 16.3 Å². The number of aryl methyl sites for hydroxylation is 1. The highest BCUT2D eigenvalue weighted by atomic mass is 35.5. The third kappa shape index (κ3) is 3.97. The largest absolute Gasteiger partial charge is 0.377 e. The molecule has 1 amide bonds. The van der Waals surface area contributed by atoms with Gasteiger partial charge < -0.3 is 14.2 Å². The minimum Gasteiger partial charge on any atom is -0.377 e. The van der Waals surface area contributed by atoms with Crippen molar-refractivity contribution in [2.45, 2.75) is 32.8 Å². The van der Waals surface area contributed by atoms with Crippen LogP contribution >= 0.6 is 11.6 Å². The number of amides is 1. The molecule has 0 saturated carbocycles. The topological polar surface area (TPSA) is 37.7 Å². The Balaban J connectivity index is 1.44. The van der Waals surface area contributed by atoms with Crippen molar-refractivity contribution in [2.75, 3.05) is 39.3 Å².